The summed E-state index contributed by atoms with van der Waals surface area (Å²) in [4.78, 5) is 0. The Labute approximate surface area is 250 Å². The minimum absolute atomic E-state index is 0.285. The highest BCUT2D eigenvalue weighted by molar-refractivity contribution is 5.16. The van der Waals surface area contributed by atoms with Crippen LogP contribution in [0.15, 0.2) is 66.9 Å². The molecule has 3 saturated heterocycles. The quantitative estimate of drug-likeness (QED) is 0.351. The van der Waals surface area contributed by atoms with Crippen molar-refractivity contribution in [2.45, 2.75) is 88.1 Å². The number of hydrogen-bond acceptors (Lipinski definition) is 11. The van der Waals surface area contributed by atoms with E-state index in [0.717, 1.165) is 11.1 Å². The fourth-order valence-corrected chi connectivity index (χ4v) is 6.09. The molecule has 3 fully saturated rings. The van der Waals surface area contributed by atoms with Crippen LogP contribution >= 0.6 is 0 Å². The largest absolute Gasteiger partial charge is 0.394 e. The molecule has 3 aliphatic heterocycles. The first kappa shape index (κ1) is 30.3. The molecule has 0 amide bonds. The lowest BCUT2D eigenvalue weighted by Gasteiger charge is -2.45. The van der Waals surface area contributed by atoms with E-state index in [1.807, 2.05) is 74.5 Å². The van der Waals surface area contributed by atoms with Gasteiger partial charge in [0.1, 0.15) is 42.7 Å². The van der Waals surface area contributed by atoms with Crippen molar-refractivity contribution in [3.05, 3.63) is 83.7 Å². The van der Waals surface area contributed by atoms with E-state index in [4.69, 9.17) is 37.9 Å². The van der Waals surface area contributed by atoms with Gasteiger partial charge in [0.2, 0.25) is 0 Å². The van der Waals surface area contributed by atoms with Crippen LogP contribution in [0.1, 0.15) is 42.8 Å². The van der Waals surface area contributed by atoms with Crippen molar-refractivity contribution < 1.29 is 43.0 Å². The summed E-state index contributed by atoms with van der Waals surface area (Å²) in [6.45, 7) is 3.93. The van der Waals surface area contributed by atoms with Crippen molar-refractivity contribution in [2.24, 2.45) is 0 Å². The molecule has 1 N–H and O–H groups in total. The Morgan fingerprint density at radius 1 is 0.837 bits per heavy atom. The number of benzene rings is 2. The number of ether oxygens (including phenoxy) is 8. The van der Waals surface area contributed by atoms with Crippen LogP contribution in [0.2, 0.25) is 0 Å². The Morgan fingerprint density at radius 2 is 1.49 bits per heavy atom. The number of fused-ring (bicyclic) bond motifs is 1. The monoisotopic (exact) mass is 597 g/mol. The first-order valence-corrected chi connectivity index (χ1v) is 14.5. The minimum atomic E-state index is -0.817. The van der Waals surface area contributed by atoms with Crippen LogP contribution in [0.4, 0.5) is 0 Å². The van der Waals surface area contributed by atoms with Crippen LogP contribution in [0.5, 0.6) is 0 Å². The summed E-state index contributed by atoms with van der Waals surface area (Å²) in [5.74, 6) is -0.802. The smallest absolute Gasteiger partial charge is 0.190 e. The molecule has 12 heteroatoms. The summed E-state index contributed by atoms with van der Waals surface area (Å²) >= 11 is 0. The van der Waals surface area contributed by atoms with Crippen LogP contribution in [-0.2, 0) is 51.1 Å². The average molecular weight is 598 g/mol. The Balaban J connectivity index is 1.34. The maximum Gasteiger partial charge on any atom is 0.190 e. The normalized spacial score (nSPS) is 33.5. The highest BCUT2D eigenvalue weighted by Crippen LogP contribution is 2.45. The molecular weight excluding hydrogens is 558 g/mol. The molecule has 4 heterocycles. The lowest BCUT2D eigenvalue weighted by molar-refractivity contribution is -0.301. The Kier molecular flexibility index (Phi) is 9.19. The molecule has 232 valence electrons. The average Bonchev–Trinajstić information content (AvgIpc) is 3.71. The van der Waals surface area contributed by atoms with Gasteiger partial charge >= 0.3 is 0 Å². The van der Waals surface area contributed by atoms with Gasteiger partial charge in [0.15, 0.2) is 18.4 Å². The van der Waals surface area contributed by atoms with Crippen molar-refractivity contribution in [3.63, 3.8) is 0 Å². The van der Waals surface area contributed by atoms with E-state index in [1.54, 1.807) is 25.1 Å². The van der Waals surface area contributed by atoms with E-state index in [2.05, 4.69) is 10.3 Å². The zero-order chi connectivity index (χ0) is 30.0. The highest BCUT2D eigenvalue weighted by Gasteiger charge is 2.57. The standard InChI is InChI=1S/C31H39N3O9/c1-31(2)42-28-26(36-3)24(41-30(28)43-31)21-15-32-33-34(21)23-22(16-35)40-29(37-4)27(39-18-20-13-9-6-10-14-20)25(23)38-17-19-11-7-5-8-12-19/h5-15,22-30,35H,16-18H2,1-4H3/t22-,23+,24-,25+,26+,27-,28-,29+,30-/m1/s1. The predicted octanol–water partition coefficient (Wildman–Crippen LogP) is 2.92. The molecule has 1 aromatic heterocycles. The van der Waals surface area contributed by atoms with E-state index in [-0.39, 0.29) is 13.2 Å². The van der Waals surface area contributed by atoms with Crippen molar-refractivity contribution in [3.8, 4) is 0 Å². The van der Waals surface area contributed by atoms with Crippen LogP contribution in [0, 0.1) is 0 Å². The zero-order valence-electron chi connectivity index (χ0n) is 24.7. The molecular formula is C31H39N3O9. The Hall–Kier alpha value is -2.78. The third-order valence-corrected chi connectivity index (χ3v) is 8.04. The van der Waals surface area contributed by atoms with Crippen LogP contribution in [-0.4, -0.2) is 89.8 Å². The van der Waals surface area contributed by atoms with Crippen molar-refractivity contribution in [2.75, 3.05) is 20.8 Å². The zero-order valence-corrected chi connectivity index (χ0v) is 24.7. The van der Waals surface area contributed by atoms with Gasteiger partial charge < -0.3 is 43.0 Å². The lowest BCUT2D eigenvalue weighted by atomic mass is 9.94. The number of rotatable bonds is 11. The van der Waals surface area contributed by atoms with Gasteiger partial charge in [-0.15, -0.1) is 5.10 Å². The molecule has 9 atom stereocenters. The van der Waals surface area contributed by atoms with E-state index in [0.29, 0.717) is 12.3 Å². The van der Waals surface area contributed by atoms with Crippen LogP contribution < -0.4 is 0 Å². The molecule has 43 heavy (non-hydrogen) atoms. The van der Waals surface area contributed by atoms with E-state index in [9.17, 15) is 5.11 Å². The highest BCUT2D eigenvalue weighted by atomic mass is 16.8. The number of aliphatic hydroxyl groups is 1. The second-order valence-electron chi connectivity index (χ2n) is 11.3. The third-order valence-electron chi connectivity index (χ3n) is 8.04. The molecule has 6 rings (SSSR count). The topological polar surface area (TPSA) is 125 Å². The first-order chi connectivity index (χ1) is 20.9. The van der Waals surface area contributed by atoms with Crippen LogP contribution in [0.3, 0.4) is 0 Å². The Bertz CT molecular complexity index is 1310. The first-order valence-electron chi connectivity index (χ1n) is 14.5. The summed E-state index contributed by atoms with van der Waals surface area (Å²) in [6, 6.07) is 19.0. The van der Waals surface area contributed by atoms with Gasteiger partial charge in [0.25, 0.3) is 0 Å². The van der Waals surface area contributed by atoms with Crippen LogP contribution in [0.25, 0.3) is 0 Å². The van der Waals surface area contributed by atoms with Gasteiger partial charge in [-0.2, -0.15) is 0 Å². The number of methoxy groups -OCH3 is 2. The lowest BCUT2D eigenvalue weighted by Crippen LogP contribution is -2.58. The molecule has 0 radical (unpaired) electrons. The summed E-state index contributed by atoms with van der Waals surface area (Å²) in [7, 11) is 3.15. The van der Waals surface area contributed by atoms with Crippen molar-refractivity contribution in [1.29, 1.82) is 0 Å². The third kappa shape index (κ3) is 6.25. The number of aliphatic hydroxyl groups excluding tert-OH is 1. The van der Waals surface area contributed by atoms with Gasteiger partial charge in [0.05, 0.1) is 31.7 Å². The molecule has 0 unspecified atom stereocenters. The van der Waals surface area contributed by atoms with Gasteiger partial charge in [-0.1, -0.05) is 65.9 Å². The SMILES string of the molecule is CO[C@H]1O[C@H](CO)[C@H](n2nncc2[C@H]2O[C@@H]3OC(C)(C)O[C@@H]3[C@H]2OC)[C@H](OCc2ccccc2)[C@H]1OCc1ccccc1. The summed E-state index contributed by atoms with van der Waals surface area (Å²) < 4.78 is 51.1. The van der Waals surface area contributed by atoms with Crippen molar-refractivity contribution in [1.82, 2.24) is 15.0 Å². The molecule has 3 aromatic rings. The molecule has 0 spiro atoms. The Morgan fingerprint density at radius 3 is 2.09 bits per heavy atom. The van der Waals surface area contributed by atoms with Gasteiger partial charge in [-0.05, 0) is 25.0 Å². The predicted molar refractivity (Wildman–Crippen MR) is 150 cm³/mol. The minimum Gasteiger partial charge on any atom is -0.394 e. The van der Waals surface area contributed by atoms with Gasteiger partial charge in [-0.25, -0.2) is 4.68 Å². The van der Waals surface area contributed by atoms with Crippen molar-refractivity contribution >= 4 is 0 Å². The second-order valence-corrected chi connectivity index (χ2v) is 11.3. The molecule has 0 saturated carbocycles. The van der Waals surface area contributed by atoms with E-state index < -0.39 is 61.0 Å². The number of hydrogen-bond donors (Lipinski definition) is 1. The van der Waals surface area contributed by atoms with E-state index in [1.165, 1.54) is 0 Å². The maximum absolute atomic E-state index is 10.6. The number of nitrogens with zero attached hydrogens (tertiary/aromatic N) is 3. The number of aromatic nitrogens is 3. The molecule has 12 nitrogen and oxygen atoms in total. The molecule has 0 aliphatic carbocycles. The van der Waals surface area contributed by atoms with Gasteiger partial charge in [-0.3, -0.25) is 0 Å². The second kappa shape index (κ2) is 13.1. The molecule has 3 aliphatic rings. The molecule has 2 aromatic carbocycles. The van der Waals surface area contributed by atoms with Gasteiger partial charge in [0, 0.05) is 14.2 Å². The summed E-state index contributed by atoms with van der Waals surface area (Å²) in [5.41, 5.74) is 2.56. The fraction of sp³-hybridized carbons (Fsp3) is 0.548. The maximum atomic E-state index is 10.6. The summed E-state index contributed by atoms with van der Waals surface area (Å²) in [6.07, 6.45) is -3.52. The van der Waals surface area contributed by atoms with E-state index >= 15 is 0 Å². The summed E-state index contributed by atoms with van der Waals surface area (Å²) in [5, 5.41) is 19.3. The fourth-order valence-electron chi connectivity index (χ4n) is 6.09. The molecule has 0 bridgehead atoms.